The van der Waals surface area contributed by atoms with Crippen LogP contribution in [-0.4, -0.2) is 0 Å². The molecule has 12 heavy (non-hydrogen) atoms. The van der Waals surface area contributed by atoms with Crippen molar-refractivity contribution in [1.29, 1.82) is 0 Å². The number of allylic oxidation sites excluding steroid dienone is 6. The second-order valence-electron chi connectivity index (χ2n) is 1.41. The molecule has 0 atom stereocenters. The van der Waals surface area contributed by atoms with Crippen LogP contribution in [-0.2, 0) is 0 Å². The summed E-state index contributed by atoms with van der Waals surface area (Å²) < 4.78 is 0. The first-order valence-corrected chi connectivity index (χ1v) is 3.45. The van der Waals surface area contributed by atoms with E-state index >= 15 is 0 Å². The summed E-state index contributed by atoms with van der Waals surface area (Å²) in [7, 11) is 0. The first kappa shape index (κ1) is 16.8. The molecule has 0 nitrogen and oxygen atoms in total. The largest absolute Gasteiger partial charge is 0.0991 e. The lowest BCUT2D eigenvalue weighted by molar-refractivity contribution is 2.15. The van der Waals surface area contributed by atoms with Gasteiger partial charge in [-0.3, -0.25) is 0 Å². The molecule has 0 rings (SSSR count). The normalized spacial score (nSPS) is 5.00. The lowest BCUT2D eigenvalue weighted by atomic mass is 10.6. The zero-order valence-corrected chi connectivity index (χ0v) is 7.71. The van der Waals surface area contributed by atoms with E-state index in [4.69, 9.17) is 0 Å². The summed E-state index contributed by atoms with van der Waals surface area (Å²) in [5, 5.41) is 0. The van der Waals surface area contributed by atoms with Gasteiger partial charge in [-0.25, -0.2) is 0 Å². The van der Waals surface area contributed by atoms with Gasteiger partial charge in [-0.15, -0.1) is 0 Å². The summed E-state index contributed by atoms with van der Waals surface area (Å²) in [6, 6.07) is 0. The first-order chi connectivity index (χ1) is 5.74. The third-order valence-corrected chi connectivity index (χ3v) is 0.500. The van der Waals surface area contributed by atoms with E-state index in [1.165, 1.54) is 0 Å². The summed E-state index contributed by atoms with van der Waals surface area (Å²) in [6.45, 7) is 20.2. The second-order valence-corrected chi connectivity index (χ2v) is 1.41. The Morgan fingerprint density at radius 1 is 0.333 bits per heavy atom. The maximum absolute atomic E-state index is 3.36. The Bertz CT molecular complexity index is 91.6. The molecule has 0 heterocycles. The molecule has 0 bridgehead atoms. The van der Waals surface area contributed by atoms with Gasteiger partial charge in [0.05, 0.1) is 0 Å². The van der Waals surface area contributed by atoms with Crippen molar-refractivity contribution in [1.82, 2.24) is 0 Å². The summed E-state index contributed by atoms with van der Waals surface area (Å²) in [6.07, 6.45) is 9.83. The van der Waals surface area contributed by atoms with E-state index in [2.05, 4.69) is 39.5 Å². The van der Waals surface area contributed by atoms with Gasteiger partial charge in [0.2, 0.25) is 0 Å². The van der Waals surface area contributed by atoms with Crippen molar-refractivity contribution in [3.05, 3.63) is 75.9 Å². The van der Waals surface area contributed by atoms with Crippen molar-refractivity contribution < 1.29 is 0 Å². The standard InChI is InChI=1S/3C4H6/c3*1-3-4-2/h3*3-4H,1-2H2. The van der Waals surface area contributed by atoms with Gasteiger partial charge in [0, 0.05) is 0 Å². The van der Waals surface area contributed by atoms with E-state index in [1.807, 2.05) is 0 Å². The van der Waals surface area contributed by atoms with Gasteiger partial charge >= 0.3 is 0 Å². The Morgan fingerprint density at radius 2 is 0.417 bits per heavy atom. The lowest BCUT2D eigenvalue weighted by Gasteiger charge is -1.44. The molecule has 0 aromatic heterocycles. The molecule has 0 unspecified atom stereocenters. The molecule has 0 aromatic rings. The Morgan fingerprint density at radius 3 is 0.417 bits per heavy atom. The molecule has 0 heteroatoms. The van der Waals surface area contributed by atoms with Crippen LogP contribution < -0.4 is 0 Å². The molecule has 0 saturated heterocycles. The lowest BCUT2D eigenvalue weighted by Crippen LogP contribution is -1.21. The van der Waals surface area contributed by atoms with Gasteiger partial charge in [-0.1, -0.05) is 75.9 Å². The van der Waals surface area contributed by atoms with Crippen LogP contribution in [0.4, 0.5) is 0 Å². The predicted molar refractivity (Wildman–Crippen MR) is 61.2 cm³/mol. The van der Waals surface area contributed by atoms with Crippen LogP contribution in [0.25, 0.3) is 0 Å². The zero-order chi connectivity index (χ0) is 10.2. The maximum atomic E-state index is 3.36. The minimum Gasteiger partial charge on any atom is -0.0991 e. The minimum absolute atomic E-state index is 1.64. The van der Waals surface area contributed by atoms with Crippen LogP contribution in [0.1, 0.15) is 0 Å². The molecule has 0 fully saturated rings. The third-order valence-electron chi connectivity index (χ3n) is 0.500. The summed E-state index contributed by atoms with van der Waals surface area (Å²) in [5.41, 5.74) is 0. The molecule has 0 aromatic carbocycles. The summed E-state index contributed by atoms with van der Waals surface area (Å²) in [4.78, 5) is 0. The molecule has 0 aliphatic carbocycles. The highest BCUT2D eigenvalue weighted by Crippen LogP contribution is 1.53. The molecule has 0 N–H and O–H groups in total. The summed E-state index contributed by atoms with van der Waals surface area (Å²) >= 11 is 0. The van der Waals surface area contributed by atoms with E-state index in [0.29, 0.717) is 0 Å². The zero-order valence-electron chi connectivity index (χ0n) is 7.71. The SMILES string of the molecule is C=CC=C.C=CC=C.C=CC=C. The average Bonchev–Trinajstić information content (AvgIpc) is 2.18. The van der Waals surface area contributed by atoms with Crippen LogP contribution in [0.5, 0.6) is 0 Å². The molecule has 0 aliphatic heterocycles. The van der Waals surface area contributed by atoms with E-state index in [0.717, 1.165) is 0 Å². The van der Waals surface area contributed by atoms with E-state index in [1.54, 1.807) is 36.5 Å². The van der Waals surface area contributed by atoms with Gasteiger partial charge in [-0.2, -0.15) is 0 Å². The topological polar surface area (TPSA) is 0 Å². The van der Waals surface area contributed by atoms with E-state index in [-0.39, 0.29) is 0 Å². The van der Waals surface area contributed by atoms with Gasteiger partial charge in [0.25, 0.3) is 0 Å². The highest BCUT2D eigenvalue weighted by atomic mass is 13.4. The average molecular weight is 162 g/mol. The Labute approximate surface area is 76.6 Å². The van der Waals surface area contributed by atoms with Crippen molar-refractivity contribution >= 4 is 0 Å². The molecule has 0 amide bonds. The highest BCUT2D eigenvalue weighted by Gasteiger charge is 1.30. The van der Waals surface area contributed by atoms with Crippen LogP contribution >= 0.6 is 0 Å². The minimum atomic E-state index is 1.64. The van der Waals surface area contributed by atoms with Crippen molar-refractivity contribution in [3.63, 3.8) is 0 Å². The van der Waals surface area contributed by atoms with Crippen molar-refractivity contribution in [2.24, 2.45) is 0 Å². The maximum Gasteiger partial charge on any atom is -0.0701 e. The molecular weight excluding hydrogens is 144 g/mol. The fraction of sp³-hybridized carbons (Fsp3) is 0. The number of hydrogen-bond donors (Lipinski definition) is 0. The predicted octanol–water partition coefficient (Wildman–Crippen LogP) is 4.08. The first-order valence-electron chi connectivity index (χ1n) is 3.45. The fourth-order valence-corrected chi connectivity index (χ4v) is 0. The molecule has 0 radical (unpaired) electrons. The highest BCUT2D eigenvalue weighted by molar-refractivity contribution is 4.89. The van der Waals surface area contributed by atoms with Crippen LogP contribution in [0.15, 0.2) is 75.9 Å². The smallest absolute Gasteiger partial charge is 0.0701 e. The molecule has 66 valence electrons. The van der Waals surface area contributed by atoms with Crippen molar-refractivity contribution in [2.45, 2.75) is 0 Å². The molecule has 0 aliphatic rings. The van der Waals surface area contributed by atoms with Crippen LogP contribution in [0.3, 0.4) is 0 Å². The van der Waals surface area contributed by atoms with Crippen molar-refractivity contribution in [2.75, 3.05) is 0 Å². The summed E-state index contributed by atoms with van der Waals surface area (Å²) in [5.74, 6) is 0. The number of hydrogen-bond acceptors (Lipinski definition) is 0. The molecule has 0 saturated carbocycles. The van der Waals surface area contributed by atoms with E-state index < -0.39 is 0 Å². The van der Waals surface area contributed by atoms with Crippen LogP contribution in [0.2, 0.25) is 0 Å². The Balaban J connectivity index is -0.000000101. The Hall–Kier alpha value is -1.56. The van der Waals surface area contributed by atoms with Gasteiger partial charge < -0.3 is 0 Å². The molecule has 0 spiro atoms. The fourth-order valence-electron chi connectivity index (χ4n) is 0. The Kier molecular flexibility index (Phi) is 47.8. The van der Waals surface area contributed by atoms with Crippen molar-refractivity contribution in [3.8, 4) is 0 Å². The molecular formula is C12H18. The van der Waals surface area contributed by atoms with E-state index in [9.17, 15) is 0 Å². The van der Waals surface area contributed by atoms with Gasteiger partial charge in [0.1, 0.15) is 0 Å². The number of rotatable bonds is 3. The van der Waals surface area contributed by atoms with Gasteiger partial charge in [0.15, 0.2) is 0 Å². The van der Waals surface area contributed by atoms with Gasteiger partial charge in [-0.05, 0) is 0 Å². The van der Waals surface area contributed by atoms with Crippen LogP contribution in [0, 0.1) is 0 Å². The monoisotopic (exact) mass is 162 g/mol. The quantitative estimate of drug-likeness (QED) is 0.549. The third kappa shape index (κ3) is 225. The second kappa shape index (κ2) is 34.1.